The van der Waals surface area contributed by atoms with Gasteiger partial charge in [0.25, 0.3) is 5.91 Å². The highest BCUT2D eigenvalue weighted by molar-refractivity contribution is 6.31. The van der Waals surface area contributed by atoms with E-state index in [2.05, 4.69) is 10.3 Å². The van der Waals surface area contributed by atoms with Gasteiger partial charge in [0.05, 0.1) is 16.8 Å². The van der Waals surface area contributed by atoms with Gasteiger partial charge in [-0.05, 0) is 48.9 Å². The molecule has 4 nitrogen and oxygen atoms in total. The van der Waals surface area contributed by atoms with Crippen LogP contribution >= 0.6 is 11.6 Å². The van der Waals surface area contributed by atoms with Crippen LogP contribution in [0.4, 0.5) is 5.69 Å². The molecule has 4 rings (SSSR count). The highest BCUT2D eigenvalue weighted by Crippen LogP contribution is 2.29. The van der Waals surface area contributed by atoms with Crippen molar-refractivity contribution in [2.75, 3.05) is 5.32 Å². The van der Waals surface area contributed by atoms with Crippen molar-refractivity contribution in [2.45, 2.75) is 6.92 Å². The fraction of sp³-hybridized carbons (Fsp3) is 0.0455. The van der Waals surface area contributed by atoms with Gasteiger partial charge in [-0.25, -0.2) is 4.98 Å². The highest BCUT2D eigenvalue weighted by atomic mass is 35.5. The molecular weight excluding hydrogens is 358 g/mol. The largest absolute Gasteiger partial charge is 0.322 e. The van der Waals surface area contributed by atoms with Crippen LogP contribution in [0.1, 0.15) is 15.9 Å². The second-order valence-electron chi connectivity index (χ2n) is 6.22. The third kappa shape index (κ3) is 3.52. The molecule has 1 amide bonds. The number of hydrogen-bond acceptors (Lipinski definition) is 3. The summed E-state index contributed by atoms with van der Waals surface area (Å²) in [6.07, 6.45) is 3.27. The van der Waals surface area contributed by atoms with Crippen LogP contribution in [0, 0.1) is 6.92 Å². The molecule has 0 unspecified atom stereocenters. The van der Waals surface area contributed by atoms with Crippen molar-refractivity contribution in [2.24, 2.45) is 0 Å². The minimum absolute atomic E-state index is 0.217. The topological polar surface area (TPSA) is 54.9 Å². The number of halogens is 1. The molecule has 0 aliphatic rings. The van der Waals surface area contributed by atoms with Crippen LogP contribution < -0.4 is 5.32 Å². The van der Waals surface area contributed by atoms with Crippen molar-refractivity contribution in [1.82, 2.24) is 9.97 Å². The summed E-state index contributed by atoms with van der Waals surface area (Å²) in [6.45, 7) is 2.03. The summed E-state index contributed by atoms with van der Waals surface area (Å²) in [6, 6.07) is 18.7. The standard InChI is InChI=1S/C22H16ClN3O/c1-14-4-2-3-5-17(14)21-13-19(18-12-15(23)6-7-20(18)26-21)22(27)25-16-8-10-24-11-9-16/h2-13H,1H3,(H,24,25,27). The van der Waals surface area contributed by atoms with Crippen molar-refractivity contribution >= 4 is 34.1 Å². The van der Waals surface area contributed by atoms with Crippen LogP contribution in [-0.4, -0.2) is 15.9 Å². The first kappa shape index (κ1) is 17.2. The lowest BCUT2D eigenvalue weighted by Gasteiger charge is -2.12. The van der Waals surface area contributed by atoms with Gasteiger partial charge in [-0.1, -0.05) is 35.9 Å². The Labute approximate surface area is 161 Å². The number of fused-ring (bicyclic) bond motifs is 1. The molecule has 132 valence electrons. The zero-order valence-corrected chi connectivity index (χ0v) is 15.4. The van der Waals surface area contributed by atoms with E-state index in [1.807, 2.05) is 43.3 Å². The zero-order valence-electron chi connectivity index (χ0n) is 14.6. The summed E-state index contributed by atoms with van der Waals surface area (Å²) < 4.78 is 0. The maximum atomic E-state index is 13.0. The predicted octanol–water partition coefficient (Wildman–Crippen LogP) is 5.51. The van der Waals surface area contributed by atoms with E-state index in [0.29, 0.717) is 21.7 Å². The van der Waals surface area contributed by atoms with Crippen LogP contribution in [0.3, 0.4) is 0 Å². The van der Waals surface area contributed by atoms with E-state index in [0.717, 1.165) is 22.3 Å². The van der Waals surface area contributed by atoms with Gasteiger partial charge in [-0.3, -0.25) is 9.78 Å². The normalized spacial score (nSPS) is 10.7. The van der Waals surface area contributed by atoms with Gasteiger partial charge in [-0.2, -0.15) is 0 Å². The molecule has 0 aliphatic heterocycles. The molecule has 2 heterocycles. The summed E-state index contributed by atoms with van der Waals surface area (Å²) >= 11 is 6.17. The second kappa shape index (κ2) is 7.17. The van der Waals surface area contributed by atoms with E-state index in [-0.39, 0.29) is 5.91 Å². The van der Waals surface area contributed by atoms with Gasteiger partial charge in [0.1, 0.15) is 0 Å². The lowest BCUT2D eigenvalue weighted by Crippen LogP contribution is -2.13. The second-order valence-corrected chi connectivity index (χ2v) is 6.66. The number of anilines is 1. The van der Waals surface area contributed by atoms with Gasteiger partial charge in [0, 0.05) is 34.1 Å². The number of nitrogens with zero attached hydrogens (tertiary/aromatic N) is 2. The number of nitrogens with one attached hydrogen (secondary N) is 1. The lowest BCUT2D eigenvalue weighted by molar-refractivity contribution is 0.102. The quantitative estimate of drug-likeness (QED) is 0.515. The number of amides is 1. The molecule has 0 atom stereocenters. The summed E-state index contributed by atoms with van der Waals surface area (Å²) in [5, 5.41) is 4.19. The highest BCUT2D eigenvalue weighted by Gasteiger charge is 2.15. The number of pyridine rings is 2. The Morgan fingerprint density at radius 2 is 1.78 bits per heavy atom. The fourth-order valence-corrected chi connectivity index (χ4v) is 3.19. The summed E-state index contributed by atoms with van der Waals surface area (Å²) in [5.74, 6) is -0.217. The molecule has 0 fully saturated rings. The minimum atomic E-state index is -0.217. The molecule has 2 aromatic heterocycles. The first-order valence-corrected chi connectivity index (χ1v) is 8.87. The number of aromatic nitrogens is 2. The van der Waals surface area contributed by atoms with Crippen molar-refractivity contribution in [3.8, 4) is 11.3 Å². The van der Waals surface area contributed by atoms with Gasteiger partial charge >= 0.3 is 0 Å². The summed E-state index contributed by atoms with van der Waals surface area (Å²) in [7, 11) is 0. The number of benzene rings is 2. The number of carbonyl (C=O) groups is 1. The van der Waals surface area contributed by atoms with Crippen molar-refractivity contribution in [3.05, 3.63) is 89.2 Å². The Balaban J connectivity index is 1.88. The van der Waals surface area contributed by atoms with Crippen molar-refractivity contribution in [1.29, 1.82) is 0 Å². The number of rotatable bonds is 3. The molecule has 0 bridgehead atoms. The zero-order chi connectivity index (χ0) is 18.8. The van der Waals surface area contributed by atoms with Crippen LogP contribution in [0.2, 0.25) is 5.02 Å². The van der Waals surface area contributed by atoms with Gasteiger partial charge in [-0.15, -0.1) is 0 Å². The fourth-order valence-electron chi connectivity index (χ4n) is 3.02. The van der Waals surface area contributed by atoms with Crippen molar-refractivity contribution < 1.29 is 4.79 Å². The molecule has 27 heavy (non-hydrogen) atoms. The maximum absolute atomic E-state index is 13.0. The van der Waals surface area contributed by atoms with E-state index in [1.165, 1.54) is 0 Å². The van der Waals surface area contributed by atoms with E-state index in [1.54, 1.807) is 36.7 Å². The smallest absolute Gasteiger partial charge is 0.256 e. The molecule has 0 aliphatic carbocycles. The Hall–Kier alpha value is -3.24. The van der Waals surface area contributed by atoms with E-state index < -0.39 is 0 Å². The average molecular weight is 374 g/mol. The Bertz CT molecular complexity index is 1140. The predicted molar refractivity (Wildman–Crippen MR) is 109 cm³/mol. The molecule has 0 radical (unpaired) electrons. The van der Waals surface area contributed by atoms with E-state index in [4.69, 9.17) is 16.6 Å². The van der Waals surface area contributed by atoms with Crippen LogP contribution in [0.25, 0.3) is 22.2 Å². The Kier molecular flexibility index (Phi) is 4.57. The molecule has 1 N–H and O–H groups in total. The Morgan fingerprint density at radius 3 is 2.56 bits per heavy atom. The maximum Gasteiger partial charge on any atom is 0.256 e. The molecular formula is C22H16ClN3O. The lowest BCUT2D eigenvalue weighted by atomic mass is 10.0. The molecule has 0 spiro atoms. The van der Waals surface area contributed by atoms with E-state index >= 15 is 0 Å². The minimum Gasteiger partial charge on any atom is -0.322 e. The van der Waals surface area contributed by atoms with Gasteiger partial charge in [0.2, 0.25) is 0 Å². The monoisotopic (exact) mass is 373 g/mol. The third-order valence-electron chi connectivity index (χ3n) is 4.37. The number of hydrogen-bond donors (Lipinski definition) is 1. The van der Waals surface area contributed by atoms with E-state index in [9.17, 15) is 4.79 Å². The SMILES string of the molecule is Cc1ccccc1-c1cc(C(=O)Nc2ccncc2)c2cc(Cl)ccc2n1. The first-order chi connectivity index (χ1) is 13.1. The van der Waals surface area contributed by atoms with Crippen molar-refractivity contribution in [3.63, 3.8) is 0 Å². The third-order valence-corrected chi connectivity index (χ3v) is 4.61. The molecule has 0 saturated heterocycles. The molecule has 4 aromatic rings. The summed E-state index contributed by atoms with van der Waals surface area (Å²) in [4.78, 5) is 21.7. The Morgan fingerprint density at radius 1 is 1.00 bits per heavy atom. The average Bonchev–Trinajstić information content (AvgIpc) is 2.68. The van der Waals surface area contributed by atoms with Gasteiger partial charge < -0.3 is 5.32 Å². The molecule has 5 heteroatoms. The van der Waals surface area contributed by atoms with Gasteiger partial charge in [0.15, 0.2) is 0 Å². The van der Waals surface area contributed by atoms with Crippen LogP contribution in [-0.2, 0) is 0 Å². The molecule has 0 saturated carbocycles. The van der Waals surface area contributed by atoms with Crippen LogP contribution in [0.5, 0.6) is 0 Å². The number of carbonyl (C=O) groups excluding carboxylic acids is 1. The number of aryl methyl sites for hydroxylation is 1. The molecule has 2 aromatic carbocycles. The first-order valence-electron chi connectivity index (χ1n) is 8.49. The summed E-state index contributed by atoms with van der Waals surface area (Å²) in [5.41, 5.74) is 4.77. The van der Waals surface area contributed by atoms with Crippen LogP contribution in [0.15, 0.2) is 73.1 Å².